The van der Waals surface area contributed by atoms with Crippen molar-refractivity contribution in [2.24, 2.45) is 0 Å². The Kier molecular flexibility index (Phi) is 6.26. The van der Waals surface area contributed by atoms with Crippen LogP contribution in [0.3, 0.4) is 0 Å². The van der Waals surface area contributed by atoms with Crippen molar-refractivity contribution in [3.05, 3.63) is 15.6 Å². The van der Waals surface area contributed by atoms with Crippen LogP contribution < -0.4 is 5.32 Å². The topological polar surface area (TPSA) is 45.2 Å². The van der Waals surface area contributed by atoms with E-state index in [1.807, 2.05) is 11.3 Å². The molecule has 1 heterocycles. The molecule has 3 nitrogen and oxygen atoms in total. The molecule has 2 atom stereocenters. The lowest BCUT2D eigenvalue weighted by molar-refractivity contribution is 0.274. The van der Waals surface area contributed by atoms with Gasteiger partial charge < -0.3 is 10.4 Å². The zero-order valence-corrected chi connectivity index (χ0v) is 13.0. The minimum atomic E-state index is 0.275. The molecular weight excluding hydrogens is 244 g/mol. The second-order valence-electron chi connectivity index (χ2n) is 5.31. The number of aromatic nitrogens is 1. The molecule has 0 aliphatic rings. The van der Waals surface area contributed by atoms with Gasteiger partial charge in [-0.15, -0.1) is 11.3 Å². The molecule has 0 saturated heterocycles. The van der Waals surface area contributed by atoms with Crippen LogP contribution in [-0.2, 0) is 0 Å². The highest BCUT2D eigenvalue weighted by atomic mass is 32.1. The van der Waals surface area contributed by atoms with E-state index >= 15 is 0 Å². The Labute approximate surface area is 115 Å². The second kappa shape index (κ2) is 7.22. The molecule has 18 heavy (non-hydrogen) atoms. The number of thiazole rings is 1. The second-order valence-corrected chi connectivity index (χ2v) is 6.37. The Bertz CT molecular complexity index is 363. The van der Waals surface area contributed by atoms with Crippen molar-refractivity contribution in [1.29, 1.82) is 0 Å². The predicted octanol–water partition coefficient (Wildman–Crippen LogP) is 3.39. The summed E-state index contributed by atoms with van der Waals surface area (Å²) in [7, 11) is 0. The van der Waals surface area contributed by atoms with Gasteiger partial charge in [-0.2, -0.15) is 0 Å². The summed E-state index contributed by atoms with van der Waals surface area (Å²) >= 11 is 1.82. The molecule has 0 spiro atoms. The Balaban J connectivity index is 2.63. The van der Waals surface area contributed by atoms with Crippen molar-refractivity contribution in [3.63, 3.8) is 0 Å². The smallest absolute Gasteiger partial charge is 0.0956 e. The lowest BCUT2D eigenvalue weighted by Gasteiger charge is -2.19. The van der Waals surface area contributed by atoms with E-state index in [0.29, 0.717) is 18.0 Å². The number of nitrogens with one attached hydrogen (secondary N) is 1. The highest BCUT2D eigenvalue weighted by Gasteiger charge is 2.17. The fourth-order valence-corrected chi connectivity index (χ4v) is 3.14. The van der Waals surface area contributed by atoms with Gasteiger partial charge in [0, 0.05) is 29.5 Å². The highest BCUT2D eigenvalue weighted by Crippen LogP contribution is 2.29. The molecule has 104 valence electrons. The van der Waals surface area contributed by atoms with Crippen LogP contribution in [0.2, 0.25) is 0 Å². The van der Waals surface area contributed by atoms with Crippen LogP contribution in [0.1, 0.15) is 68.1 Å². The molecule has 0 bridgehead atoms. The van der Waals surface area contributed by atoms with E-state index in [0.717, 1.165) is 18.5 Å². The third kappa shape index (κ3) is 4.34. The monoisotopic (exact) mass is 270 g/mol. The third-order valence-electron chi connectivity index (χ3n) is 3.07. The number of aliphatic hydroxyl groups is 1. The average Bonchev–Trinajstić information content (AvgIpc) is 2.68. The molecule has 0 aliphatic heterocycles. The van der Waals surface area contributed by atoms with Gasteiger partial charge in [0.05, 0.1) is 10.7 Å². The van der Waals surface area contributed by atoms with E-state index in [-0.39, 0.29) is 6.61 Å². The maximum atomic E-state index is 8.84. The number of nitrogens with zero attached hydrogens (tertiary/aromatic N) is 1. The molecule has 2 N–H and O–H groups in total. The quantitative estimate of drug-likeness (QED) is 0.798. The molecular formula is C14H26N2OS. The van der Waals surface area contributed by atoms with Crippen LogP contribution in [0.4, 0.5) is 0 Å². The summed E-state index contributed by atoms with van der Waals surface area (Å²) in [5, 5.41) is 13.6. The van der Waals surface area contributed by atoms with Crippen LogP contribution >= 0.6 is 11.3 Å². The van der Waals surface area contributed by atoms with E-state index in [2.05, 4.69) is 44.9 Å². The number of rotatable bonds is 7. The molecule has 0 radical (unpaired) electrons. The lowest BCUT2D eigenvalue weighted by atomic mass is 10.1. The maximum absolute atomic E-state index is 8.84. The van der Waals surface area contributed by atoms with Gasteiger partial charge in [-0.3, -0.25) is 0 Å². The van der Waals surface area contributed by atoms with Crippen molar-refractivity contribution >= 4 is 11.3 Å². The van der Waals surface area contributed by atoms with Gasteiger partial charge in [0.2, 0.25) is 0 Å². The zero-order chi connectivity index (χ0) is 13.7. The maximum Gasteiger partial charge on any atom is 0.0956 e. The van der Waals surface area contributed by atoms with Crippen LogP contribution in [0.15, 0.2) is 0 Å². The van der Waals surface area contributed by atoms with E-state index in [4.69, 9.17) is 5.11 Å². The Morgan fingerprint density at radius 1 is 1.28 bits per heavy atom. The Morgan fingerprint density at radius 2 is 1.94 bits per heavy atom. The normalized spacial score (nSPS) is 15.1. The number of hydrogen-bond acceptors (Lipinski definition) is 4. The summed E-state index contributed by atoms with van der Waals surface area (Å²) < 4.78 is 0. The van der Waals surface area contributed by atoms with E-state index in [1.165, 1.54) is 9.88 Å². The first kappa shape index (κ1) is 15.6. The van der Waals surface area contributed by atoms with E-state index < -0.39 is 0 Å². The molecule has 0 amide bonds. The first-order chi connectivity index (χ1) is 8.45. The van der Waals surface area contributed by atoms with Crippen LogP contribution in [0.25, 0.3) is 0 Å². The third-order valence-corrected chi connectivity index (χ3v) is 4.71. The molecule has 1 aromatic rings. The summed E-state index contributed by atoms with van der Waals surface area (Å²) in [6.45, 7) is 11.1. The minimum absolute atomic E-state index is 0.275. The highest BCUT2D eigenvalue weighted by molar-refractivity contribution is 7.11. The van der Waals surface area contributed by atoms with Crippen molar-refractivity contribution < 1.29 is 5.11 Å². The van der Waals surface area contributed by atoms with Gasteiger partial charge in [-0.05, 0) is 33.6 Å². The SMILES string of the molecule is Cc1nc(C(C)C)sc1C(C)NC(C)CCCO. The Morgan fingerprint density at radius 3 is 2.44 bits per heavy atom. The largest absolute Gasteiger partial charge is 0.396 e. The minimum Gasteiger partial charge on any atom is -0.396 e. The summed E-state index contributed by atoms with van der Waals surface area (Å²) in [5.41, 5.74) is 1.15. The van der Waals surface area contributed by atoms with Gasteiger partial charge in [0.15, 0.2) is 0 Å². The predicted molar refractivity (Wildman–Crippen MR) is 78.3 cm³/mol. The Hall–Kier alpha value is -0.450. The summed E-state index contributed by atoms with van der Waals surface area (Å²) in [5.74, 6) is 0.501. The molecule has 1 aromatic heterocycles. The van der Waals surface area contributed by atoms with Crippen molar-refractivity contribution in [3.8, 4) is 0 Å². The van der Waals surface area contributed by atoms with Crippen molar-refractivity contribution in [1.82, 2.24) is 10.3 Å². The summed E-state index contributed by atoms with van der Waals surface area (Å²) in [6.07, 6.45) is 1.87. The standard InChI is InChI=1S/C14H26N2OS/c1-9(2)14-16-12(5)13(18-14)11(4)15-10(3)7-6-8-17/h9-11,15,17H,6-8H2,1-5H3. The van der Waals surface area contributed by atoms with Gasteiger partial charge in [-0.1, -0.05) is 13.8 Å². The summed E-state index contributed by atoms with van der Waals surface area (Å²) in [6, 6.07) is 0.764. The van der Waals surface area contributed by atoms with Crippen LogP contribution in [0, 0.1) is 6.92 Å². The molecule has 1 rings (SSSR count). The van der Waals surface area contributed by atoms with E-state index in [9.17, 15) is 0 Å². The van der Waals surface area contributed by atoms with Crippen LogP contribution in [0.5, 0.6) is 0 Å². The fraction of sp³-hybridized carbons (Fsp3) is 0.786. The first-order valence-electron chi connectivity index (χ1n) is 6.79. The molecule has 0 fully saturated rings. The number of aliphatic hydroxyl groups excluding tert-OH is 1. The molecule has 2 unspecified atom stereocenters. The van der Waals surface area contributed by atoms with E-state index in [1.54, 1.807) is 0 Å². The first-order valence-corrected chi connectivity index (χ1v) is 7.61. The lowest BCUT2D eigenvalue weighted by Crippen LogP contribution is -2.29. The number of aryl methyl sites for hydroxylation is 1. The van der Waals surface area contributed by atoms with Gasteiger partial charge >= 0.3 is 0 Å². The molecule has 0 saturated carbocycles. The molecule has 0 aromatic carbocycles. The van der Waals surface area contributed by atoms with Gasteiger partial charge in [0.25, 0.3) is 0 Å². The summed E-state index contributed by atoms with van der Waals surface area (Å²) in [4.78, 5) is 5.98. The van der Waals surface area contributed by atoms with Crippen LogP contribution in [-0.4, -0.2) is 22.7 Å². The number of hydrogen-bond donors (Lipinski definition) is 2. The molecule has 4 heteroatoms. The van der Waals surface area contributed by atoms with Gasteiger partial charge in [0.1, 0.15) is 0 Å². The van der Waals surface area contributed by atoms with Crippen molar-refractivity contribution in [2.45, 2.75) is 65.5 Å². The zero-order valence-electron chi connectivity index (χ0n) is 12.2. The van der Waals surface area contributed by atoms with Gasteiger partial charge in [-0.25, -0.2) is 4.98 Å². The van der Waals surface area contributed by atoms with Crippen molar-refractivity contribution in [2.75, 3.05) is 6.61 Å². The fourth-order valence-electron chi connectivity index (χ4n) is 2.06. The molecule has 0 aliphatic carbocycles. The average molecular weight is 270 g/mol.